The van der Waals surface area contributed by atoms with E-state index in [-0.39, 0.29) is 14.0 Å². The summed E-state index contributed by atoms with van der Waals surface area (Å²) in [6.45, 7) is 6.36. The van der Waals surface area contributed by atoms with E-state index in [1.54, 1.807) is 0 Å². The molecule has 0 N–H and O–H groups in total. The third-order valence-corrected chi connectivity index (χ3v) is 3.32. The maximum atomic E-state index is 5.78. The summed E-state index contributed by atoms with van der Waals surface area (Å²) in [4.78, 5) is 0. The van der Waals surface area contributed by atoms with Crippen molar-refractivity contribution in [2.45, 2.75) is 24.9 Å². The molecule has 0 spiro atoms. The van der Waals surface area contributed by atoms with Gasteiger partial charge in [0.15, 0.2) is 0 Å². The molecule has 0 unspecified atom stereocenters. The van der Waals surface area contributed by atoms with E-state index in [1.165, 1.54) is 0 Å². The van der Waals surface area contributed by atoms with Gasteiger partial charge < -0.3 is 0 Å². The number of rotatable bonds is 1. The van der Waals surface area contributed by atoms with Crippen LogP contribution in [0.2, 0.25) is 6.55 Å². The van der Waals surface area contributed by atoms with Gasteiger partial charge in [-0.05, 0) is 13.8 Å². The van der Waals surface area contributed by atoms with E-state index >= 15 is 0 Å². The molecule has 0 radical (unpaired) electrons. The Labute approximate surface area is 46.7 Å². The zero-order valence-electron chi connectivity index (χ0n) is 4.59. The summed E-state index contributed by atoms with van der Waals surface area (Å²) in [6.07, 6.45) is 0. The Morgan fingerprint density at radius 3 is 1.67 bits per heavy atom. The lowest BCUT2D eigenvalue weighted by atomic mass is 10.5. The molecular weight excluding hydrogens is 112 g/mol. The molecule has 0 bridgehead atoms. The van der Waals surface area contributed by atoms with Crippen LogP contribution < -0.4 is 0 Å². The molecule has 0 atom stereocenters. The highest BCUT2D eigenvalue weighted by atomic mass is 35.5. The van der Waals surface area contributed by atoms with Gasteiger partial charge in [-0.3, -0.25) is 0 Å². The van der Waals surface area contributed by atoms with E-state index in [9.17, 15) is 0 Å². The van der Waals surface area contributed by atoms with Crippen LogP contribution in [0, 0.1) is 0 Å². The maximum Gasteiger partial charge on any atom is 0.0419 e. The summed E-state index contributed by atoms with van der Waals surface area (Å²) in [6, 6.07) is 0. The van der Waals surface area contributed by atoms with Crippen LogP contribution in [0.5, 0.6) is 0 Å². The van der Waals surface area contributed by atoms with Crippen molar-refractivity contribution >= 4 is 21.1 Å². The standard InChI is InChI=1S/C4H11ClSi/c1-4(2,5)6-3/h6H2,1-3H3. The maximum absolute atomic E-state index is 5.78. The summed E-state index contributed by atoms with van der Waals surface area (Å²) < 4.78 is 0.153. The van der Waals surface area contributed by atoms with Crippen LogP contribution in [-0.4, -0.2) is 14.0 Å². The molecule has 0 aromatic rings. The first-order valence-electron chi connectivity index (χ1n) is 2.25. The van der Waals surface area contributed by atoms with Crippen molar-refractivity contribution in [2.24, 2.45) is 0 Å². The highest BCUT2D eigenvalue weighted by Crippen LogP contribution is 2.08. The van der Waals surface area contributed by atoms with Gasteiger partial charge >= 0.3 is 0 Å². The fourth-order valence-electron chi connectivity index (χ4n) is 0. The Kier molecular flexibility index (Phi) is 2.15. The van der Waals surface area contributed by atoms with Crippen molar-refractivity contribution in [1.29, 1.82) is 0 Å². The van der Waals surface area contributed by atoms with Gasteiger partial charge in [0.25, 0.3) is 0 Å². The lowest BCUT2D eigenvalue weighted by Gasteiger charge is -2.08. The molecule has 0 aliphatic rings. The summed E-state index contributed by atoms with van der Waals surface area (Å²) in [5, 5.41) is 0. The minimum atomic E-state index is 0.0177. The molecule has 0 aromatic carbocycles. The molecule has 0 aliphatic heterocycles. The summed E-state index contributed by atoms with van der Waals surface area (Å²) in [7, 11) is 0.0177. The van der Waals surface area contributed by atoms with Crippen molar-refractivity contribution in [3.05, 3.63) is 0 Å². The van der Waals surface area contributed by atoms with Crippen molar-refractivity contribution < 1.29 is 0 Å². The van der Waals surface area contributed by atoms with E-state index in [2.05, 4.69) is 20.4 Å². The Hall–Kier alpha value is 0.507. The molecule has 6 heavy (non-hydrogen) atoms. The molecule has 0 aromatic heterocycles. The van der Waals surface area contributed by atoms with E-state index in [0.29, 0.717) is 0 Å². The minimum absolute atomic E-state index is 0.0177. The summed E-state index contributed by atoms with van der Waals surface area (Å²) in [5.41, 5.74) is 0. The minimum Gasteiger partial charge on any atom is -0.124 e. The normalized spacial score (nSPS) is 14.0. The smallest absolute Gasteiger partial charge is 0.0419 e. The highest BCUT2D eigenvalue weighted by molar-refractivity contribution is 6.55. The van der Waals surface area contributed by atoms with Gasteiger partial charge in [-0.1, -0.05) is 6.55 Å². The first-order valence-corrected chi connectivity index (χ1v) is 4.75. The molecule has 0 aliphatic carbocycles. The second-order valence-corrected chi connectivity index (χ2v) is 6.02. The van der Waals surface area contributed by atoms with Crippen LogP contribution in [0.25, 0.3) is 0 Å². The third-order valence-electron chi connectivity index (χ3n) is 0.841. The SMILES string of the molecule is C[SiH2]C(C)(C)Cl. The fourth-order valence-corrected chi connectivity index (χ4v) is 0. The highest BCUT2D eigenvalue weighted by Gasteiger charge is 2.07. The van der Waals surface area contributed by atoms with Crippen LogP contribution >= 0.6 is 11.6 Å². The fraction of sp³-hybridized carbons (Fsp3) is 1.00. The molecule has 0 fully saturated rings. The average molecular weight is 123 g/mol. The molecule has 0 amide bonds. The predicted molar refractivity (Wildman–Crippen MR) is 34.3 cm³/mol. The van der Waals surface area contributed by atoms with Gasteiger partial charge in [0.05, 0.1) is 0 Å². The number of halogens is 1. The largest absolute Gasteiger partial charge is 0.124 e. The zero-order chi connectivity index (χ0) is 5.21. The molecule has 0 saturated heterocycles. The van der Waals surface area contributed by atoms with E-state index < -0.39 is 0 Å². The Morgan fingerprint density at radius 1 is 1.50 bits per heavy atom. The first-order chi connectivity index (χ1) is 2.56. The average Bonchev–Trinajstić information content (AvgIpc) is 1.35. The molecule has 0 nitrogen and oxygen atoms in total. The molecule has 0 heterocycles. The Balaban J connectivity index is 3.17. The number of alkyl halides is 1. The van der Waals surface area contributed by atoms with Gasteiger partial charge in [0.1, 0.15) is 0 Å². The second kappa shape index (κ2) is 1.98. The van der Waals surface area contributed by atoms with Crippen LogP contribution in [0.1, 0.15) is 13.8 Å². The van der Waals surface area contributed by atoms with E-state index in [0.717, 1.165) is 0 Å². The van der Waals surface area contributed by atoms with Gasteiger partial charge in [-0.2, -0.15) is 0 Å². The van der Waals surface area contributed by atoms with Gasteiger partial charge in [-0.15, -0.1) is 11.6 Å². The Bertz CT molecular complexity index is 37.3. The van der Waals surface area contributed by atoms with Crippen molar-refractivity contribution in [3.63, 3.8) is 0 Å². The number of hydrogen-bond acceptors (Lipinski definition) is 0. The predicted octanol–water partition coefficient (Wildman–Crippen LogP) is 1.18. The lowest BCUT2D eigenvalue weighted by molar-refractivity contribution is 0.978. The third kappa shape index (κ3) is 4.51. The van der Waals surface area contributed by atoms with Gasteiger partial charge in [-0.25, -0.2) is 0 Å². The zero-order valence-corrected chi connectivity index (χ0v) is 6.76. The topological polar surface area (TPSA) is 0 Å². The number of hydrogen-bond donors (Lipinski definition) is 0. The lowest BCUT2D eigenvalue weighted by Crippen LogP contribution is -2.16. The molecule has 2 heteroatoms. The van der Waals surface area contributed by atoms with Crippen LogP contribution in [0.4, 0.5) is 0 Å². The van der Waals surface area contributed by atoms with E-state index in [4.69, 9.17) is 11.6 Å². The summed E-state index contributed by atoms with van der Waals surface area (Å²) in [5.74, 6) is 0. The van der Waals surface area contributed by atoms with Crippen molar-refractivity contribution in [3.8, 4) is 0 Å². The summed E-state index contributed by atoms with van der Waals surface area (Å²) >= 11 is 5.78. The molecular formula is C4H11ClSi. The monoisotopic (exact) mass is 122 g/mol. The van der Waals surface area contributed by atoms with E-state index in [1.807, 2.05) is 0 Å². The van der Waals surface area contributed by atoms with Gasteiger partial charge in [0.2, 0.25) is 0 Å². The molecule has 0 rings (SSSR count). The molecule has 0 saturated carbocycles. The Morgan fingerprint density at radius 2 is 1.67 bits per heavy atom. The van der Waals surface area contributed by atoms with Crippen LogP contribution in [-0.2, 0) is 0 Å². The second-order valence-electron chi connectivity index (χ2n) is 2.07. The van der Waals surface area contributed by atoms with Crippen LogP contribution in [0.15, 0.2) is 0 Å². The van der Waals surface area contributed by atoms with Gasteiger partial charge in [0, 0.05) is 14.0 Å². The van der Waals surface area contributed by atoms with Crippen molar-refractivity contribution in [2.75, 3.05) is 0 Å². The van der Waals surface area contributed by atoms with Crippen molar-refractivity contribution in [1.82, 2.24) is 0 Å². The van der Waals surface area contributed by atoms with Crippen LogP contribution in [0.3, 0.4) is 0 Å². The quantitative estimate of drug-likeness (QED) is 0.362. The first kappa shape index (κ1) is 6.51. The molecule has 38 valence electrons.